The molecule has 1 aromatic rings. The lowest BCUT2D eigenvalue weighted by atomic mass is 10.1. The van der Waals surface area contributed by atoms with Gasteiger partial charge in [-0.3, -0.25) is 4.79 Å². The molecule has 4 nitrogen and oxygen atoms in total. The molecule has 1 aliphatic heterocycles. The Bertz CT molecular complexity index is 330. The zero-order chi connectivity index (χ0) is 11.3. The van der Waals surface area contributed by atoms with Crippen molar-refractivity contribution in [2.75, 3.05) is 19.8 Å². The highest BCUT2D eigenvalue weighted by Crippen LogP contribution is 2.22. The number of carbonyl (C=O) groups is 1. The smallest absolute Gasteiger partial charge is 0.295 e. The summed E-state index contributed by atoms with van der Waals surface area (Å²) >= 11 is 0. The summed E-state index contributed by atoms with van der Waals surface area (Å²) in [5, 5.41) is 0. The lowest BCUT2D eigenvalue weighted by Gasteiger charge is -2.34. The van der Waals surface area contributed by atoms with Gasteiger partial charge in [-0.1, -0.05) is 30.3 Å². The van der Waals surface area contributed by atoms with E-state index >= 15 is 0 Å². The predicted molar refractivity (Wildman–Crippen MR) is 56.8 cm³/mol. The Morgan fingerprint density at radius 3 is 2.75 bits per heavy atom. The van der Waals surface area contributed by atoms with Gasteiger partial charge in [-0.05, 0) is 5.56 Å². The van der Waals surface area contributed by atoms with Crippen molar-refractivity contribution in [3.8, 4) is 0 Å². The first-order chi connectivity index (χ1) is 7.85. The van der Waals surface area contributed by atoms with Crippen LogP contribution in [0.1, 0.15) is 5.56 Å². The second kappa shape index (κ2) is 5.09. The van der Waals surface area contributed by atoms with Crippen molar-refractivity contribution in [3.63, 3.8) is 0 Å². The standard InChI is InChI=1S/C12H14O4/c13-10-16-12(9-14-6-7-15-12)8-11-4-2-1-3-5-11/h1-5,10H,6-9H2. The minimum absolute atomic E-state index is 0.278. The van der Waals surface area contributed by atoms with Gasteiger partial charge in [0.05, 0.1) is 13.2 Å². The van der Waals surface area contributed by atoms with Gasteiger partial charge in [0.15, 0.2) is 0 Å². The summed E-state index contributed by atoms with van der Waals surface area (Å²) in [4.78, 5) is 10.5. The maximum atomic E-state index is 10.5. The summed E-state index contributed by atoms with van der Waals surface area (Å²) in [5.74, 6) is -0.957. The second-order valence-corrected chi connectivity index (χ2v) is 3.69. The molecule has 1 saturated heterocycles. The van der Waals surface area contributed by atoms with E-state index in [1.807, 2.05) is 30.3 Å². The van der Waals surface area contributed by atoms with Crippen molar-refractivity contribution in [2.45, 2.75) is 12.2 Å². The van der Waals surface area contributed by atoms with Crippen molar-refractivity contribution >= 4 is 6.47 Å². The van der Waals surface area contributed by atoms with Crippen molar-refractivity contribution in [3.05, 3.63) is 35.9 Å². The molecule has 0 saturated carbocycles. The van der Waals surface area contributed by atoms with Crippen LogP contribution < -0.4 is 0 Å². The van der Waals surface area contributed by atoms with Gasteiger partial charge in [-0.25, -0.2) is 0 Å². The third-order valence-corrected chi connectivity index (χ3v) is 2.49. The van der Waals surface area contributed by atoms with E-state index in [0.29, 0.717) is 26.1 Å². The highest BCUT2D eigenvalue weighted by molar-refractivity contribution is 5.38. The van der Waals surface area contributed by atoms with Gasteiger partial charge in [0, 0.05) is 6.42 Å². The first-order valence-corrected chi connectivity index (χ1v) is 5.22. The van der Waals surface area contributed by atoms with Crippen molar-refractivity contribution in [1.82, 2.24) is 0 Å². The van der Waals surface area contributed by atoms with Crippen LogP contribution in [0.25, 0.3) is 0 Å². The van der Waals surface area contributed by atoms with Gasteiger partial charge in [-0.15, -0.1) is 0 Å². The number of hydrogen-bond donors (Lipinski definition) is 0. The molecule has 2 rings (SSSR count). The minimum atomic E-state index is -0.957. The number of carbonyl (C=O) groups excluding carboxylic acids is 1. The van der Waals surface area contributed by atoms with Crippen LogP contribution in [-0.4, -0.2) is 32.1 Å². The highest BCUT2D eigenvalue weighted by atomic mass is 16.7. The summed E-state index contributed by atoms with van der Waals surface area (Å²) in [6, 6.07) is 9.75. The first kappa shape index (κ1) is 11.1. The molecular weight excluding hydrogens is 208 g/mol. The second-order valence-electron chi connectivity index (χ2n) is 3.69. The molecule has 0 aliphatic carbocycles. The monoisotopic (exact) mass is 222 g/mol. The number of hydrogen-bond acceptors (Lipinski definition) is 4. The van der Waals surface area contributed by atoms with E-state index in [1.165, 1.54) is 0 Å². The van der Waals surface area contributed by atoms with Crippen LogP contribution in [0.3, 0.4) is 0 Å². The molecule has 1 aliphatic rings. The van der Waals surface area contributed by atoms with Crippen molar-refractivity contribution < 1.29 is 19.0 Å². The molecule has 16 heavy (non-hydrogen) atoms. The Morgan fingerprint density at radius 1 is 1.31 bits per heavy atom. The molecular formula is C12H14O4. The average molecular weight is 222 g/mol. The molecule has 0 spiro atoms. The summed E-state index contributed by atoms with van der Waals surface area (Å²) < 4.78 is 15.9. The Balaban J connectivity index is 2.10. The zero-order valence-electron chi connectivity index (χ0n) is 8.93. The van der Waals surface area contributed by atoms with Crippen LogP contribution >= 0.6 is 0 Å². The van der Waals surface area contributed by atoms with Crippen molar-refractivity contribution in [1.29, 1.82) is 0 Å². The molecule has 0 bridgehead atoms. The maximum Gasteiger partial charge on any atom is 0.295 e. The average Bonchev–Trinajstić information content (AvgIpc) is 2.31. The van der Waals surface area contributed by atoms with Crippen LogP contribution in [0.4, 0.5) is 0 Å². The third kappa shape index (κ3) is 2.59. The van der Waals surface area contributed by atoms with E-state index in [4.69, 9.17) is 14.2 Å². The highest BCUT2D eigenvalue weighted by Gasteiger charge is 2.36. The molecule has 0 amide bonds. The van der Waals surface area contributed by atoms with E-state index < -0.39 is 5.79 Å². The number of rotatable bonds is 4. The number of ether oxygens (including phenoxy) is 3. The molecule has 0 N–H and O–H groups in total. The molecule has 1 aromatic carbocycles. The Morgan fingerprint density at radius 2 is 2.12 bits per heavy atom. The van der Waals surface area contributed by atoms with E-state index in [9.17, 15) is 4.79 Å². The summed E-state index contributed by atoms with van der Waals surface area (Å²) in [6.07, 6.45) is 0.507. The Hall–Kier alpha value is -1.39. The normalized spacial score (nSPS) is 25.0. The fraction of sp³-hybridized carbons (Fsp3) is 0.417. The van der Waals surface area contributed by atoms with Crippen LogP contribution in [0.15, 0.2) is 30.3 Å². The summed E-state index contributed by atoms with van der Waals surface area (Å²) in [6.45, 7) is 1.68. The molecule has 0 radical (unpaired) electrons. The molecule has 1 unspecified atom stereocenters. The lowest BCUT2D eigenvalue weighted by Crippen LogP contribution is -2.47. The summed E-state index contributed by atoms with van der Waals surface area (Å²) in [5.41, 5.74) is 1.05. The fourth-order valence-electron chi connectivity index (χ4n) is 1.76. The van der Waals surface area contributed by atoms with Gasteiger partial charge in [0.25, 0.3) is 6.47 Å². The summed E-state index contributed by atoms with van der Waals surface area (Å²) in [7, 11) is 0. The molecule has 1 heterocycles. The van der Waals surface area contributed by atoms with Gasteiger partial charge in [0.2, 0.25) is 5.79 Å². The molecule has 86 valence electrons. The Kier molecular flexibility index (Phi) is 3.54. The topological polar surface area (TPSA) is 44.8 Å². The molecule has 0 aromatic heterocycles. The van der Waals surface area contributed by atoms with Gasteiger partial charge in [0.1, 0.15) is 6.61 Å². The van der Waals surface area contributed by atoms with Crippen LogP contribution in [0.2, 0.25) is 0 Å². The lowest BCUT2D eigenvalue weighted by molar-refractivity contribution is -0.272. The van der Waals surface area contributed by atoms with Crippen molar-refractivity contribution in [2.24, 2.45) is 0 Å². The van der Waals surface area contributed by atoms with Crippen LogP contribution in [-0.2, 0) is 25.4 Å². The minimum Gasteiger partial charge on any atom is -0.432 e. The maximum absolute atomic E-state index is 10.5. The van der Waals surface area contributed by atoms with Crippen LogP contribution in [0.5, 0.6) is 0 Å². The van der Waals surface area contributed by atoms with Gasteiger partial charge >= 0.3 is 0 Å². The van der Waals surface area contributed by atoms with Gasteiger partial charge < -0.3 is 14.2 Å². The molecule has 1 fully saturated rings. The molecule has 4 heteroatoms. The van der Waals surface area contributed by atoms with Gasteiger partial charge in [-0.2, -0.15) is 0 Å². The Labute approximate surface area is 94.1 Å². The zero-order valence-corrected chi connectivity index (χ0v) is 8.93. The van der Waals surface area contributed by atoms with E-state index in [-0.39, 0.29) is 6.61 Å². The predicted octanol–water partition coefficient (Wildman–Crippen LogP) is 1.15. The molecule has 1 atom stereocenters. The van der Waals surface area contributed by atoms with E-state index in [2.05, 4.69) is 0 Å². The fourth-order valence-corrected chi connectivity index (χ4v) is 1.76. The van der Waals surface area contributed by atoms with E-state index in [1.54, 1.807) is 0 Å². The SMILES string of the molecule is O=COC1(Cc2ccccc2)COCCO1. The first-order valence-electron chi connectivity index (χ1n) is 5.22. The number of benzene rings is 1. The third-order valence-electron chi connectivity index (χ3n) is 2.49. The quantitative estimate of drug-likeness (QED) is 0.717. The van der Waals surface area contributed by atoms with Crippen LogP contribution in [0, 0.1) is 0 Å². The largest absolute Gasteiger partial charge is 0.432 e. The van der Waals surface area contributed by atoms with E-state index in [0.717, 1.165) is 5.56 Å².